The van der Waals surface area contributed by atoms with E-state index in [2.05, 4.69) is 31.2 Å². The number of carboxylic acid groups (broad SMARTS) is 1. The zero-order valence-corrected chi connectivity index (χ0v) is 22.9. The van der Waals surface area contributed by atoms with E-state index in [1.165, 1.54) is 6.20 Å². The van der Waals surface area contributed by atoms with Crippen LogP contribution in [0.1, 0.15) is 59.3 Å². The fraction of sp³-hybridized carbons (Fsp3) is 0.346. The molecule has 1 aliphatic heterocycles. The van der Waals surface area contributed by atoms with Crippen molar-refractivity contribution in [2.24, 2.45) is 0 Å². The predicted molar refractivity (Wildman–Crippen MR) is 136 cm³/mol. The molecule has 16 heteroatoms. The summed E-state index contributed by atoms with van der Waals surface area (Å²) in [5.41, 5.74) is -4.34. The fourth-order valence-corrected chi connectivity index (χ4v) is 5.07. The third kappa shape index (κ3) is 6.73. The molecule has 3 aromatic rings. The highest BCUT2D eigenvalue weighted by Gasteiger charge is 2.39. The predicted octanol–water partition coefficient (Wildman–Crippen LogP) is 8.71. The largest absolute Gasteiger partial charge is 0.465 e. The summed E-state index contributed by atoms with van der Waals surface area (Å²) in [7, 11) is 0. The van der Waals surface area contributed by atoms with E-state index in [0.29, 0.717) is 18.6 Å². The van der Waals surface area contributed by atoms with E-state index >= 15 is 0 Å². The summed E-state index contributed by atoms with van der Waals surface area (Å²) in [5, 5.41) is 12.6. The van der Waals surface area contributed by atoms with E-state index in [9.17, 15) is 49.4 Å². The number of halogens is 10. The van der Waals surface area contributed by atoms with Gasteiger partial charge in [0.25, 0.3) is 0 Å². The Morgan fingerprint density at radius 3 is 2.10 bits per heavy atom. The monoisotopic (exact) mass is 670 g/mol. The van der Waals surface area contributed by atoms with Gasteiger partial charge in [-0.2, -0.15) is 39.5 Å². The second kappa shape index (κ2) is 11.3. The highest BCUT2D eigenvalue weighted by Crippen LogP contribution is 2.43. The Morgan fingerprint density at radius 1 is 0.976 bits per heavy atom. The minimum atomic E-state index is -5.05. The first-order valence-corrected chi connectivity index (χ1v) is 13.0. The number of nitrogens with one attached hydrogen (secondary N) is 1. The first-order valence-electron chi connectivity index (χ1n) is 12.2. The van der Waals surface area contributed by atoms with Gasteiger partial charge in [-0.1, -0.05) is 6.92 Å². The smallest absolute Gasteiger partial charge is 0.416 e. The second-order valence-corrected chi connectivity index (χ2v) is 10.4. The number of rotatable bonds is 5. The highest BCUT2D eigenvalue weighted by atomic mass is 79.9. The molecule has 0 radical (unpaired) electrons. The zero-order chi connectivity index (χ0) is 31.2. The number of carbonyl (C=O) groups is 1. The van der Waals surface area contributed by atoms with Crippen LogP contribution in [0.5, 0.6) is 0 Å². The van der Waals surface area contributed by atoms with Crippen LogP contribution in [0.2, 0.25) is 0 Å². The molecule has 0 spiro atoms. The molecule has 0 bridgehead atoms. The molecule has 1 aromatic heterocycles. The van der Waals surface area contributed by atoms with Crippen LogP contribution in [0.3, 0.4) is 0 Å². The van der Waals surface area contributed by atoms with Crippen LogP contribution in [-0.2, 0) is 24.9 Å². The number of amides is 1. The van der Waals surface area contributed by atoms with Crippen molar-refractivity contribution < 1.29 is 49.4 Å². The quantitative estimate of drug-likeness (QED) is 0.266. The van der Waals surface area contributed by atoms with Crippen LogP contribution >= 0.6 is 15.9 Å². The molecule has 2 heterocycles. The SMILES string of the molecule is CCC1CC(Nc2ncc(Br)c(Cc3cc(C(F)(F)F)cc(C(F)(F)F)c3)n2)c2cc(C(F)(F)F)ccc2N1C(=O)O. The summed E-state index contributed by atoms with van der Waals surface area (Å²) in [6.07, 6.45) is -15.1. The van der Waals surface area contributed by atoms with E-state index < -0.39 is 59.8 Å². The summed E-state index contributed by atoms with van der Waals surface area (Å²) in [5.74, 6) is -0.178. The Hall–Kier alpha value is -3.56. The Morgan fingerprint density at radius 2 is 1.57 bits per heavy atom. The van der Waals surface area contributed by atoms with Gasteiger partial charge in [0, 0.05) is 18.7 Å². The molecule has 42 heavy (non-hydrogen) atoms. The first kappa shape index (κ1) is 31.4. The van der Waals surface area contributed by atoms with Gasteiger partial charge in [0.05, 0.1) is 38.6 Å². The van der Waals surface area contributed by atoms with Crippen molar-refractivity contribution in [2.45, 2.75) is 56.8 Å². The molecule has 0 saturated carbocycles. The number of fused-ring (bicyclic) bond motifs is 1. The van der Waals surface area contributed by atoms with Gasteiger partial charge in [0.1, 0.15) is 0 Å². The maximum absolute atomic E-state index is 13.5. The van der Waals surface area contributed by atoms with Crippen LogP contribution in [0, 0.1) is 0 Å². The summed E-state index contributed by atoms with van der Waals surface area (Å²) >= 11 is 3.14. The van der Waals surface area contributed by atoms with E-state index in [-0.39, 0.29) is 45.4 Å². The molecule has 1 aliphatic rings. The molecule has 2 aromatic carbocycles. The number of hydrogen-bond acceptors (Lipinski definition) is 4. The van der Waals surface area contributed by atoms with Gasteiger partial charge >= 0.3 is 24.6 Å². The van der Waals surface area contributed by atoms with Crippen molar-refractivity contribution in [2.75, 3.05) is 10.2 Å². The van der Waals surface area contributed by atoms with E-state index in [1.807, 2.05) is 0 Å². The highest BCUT2D eigenvalue weighted by molar-refractivity contribution is 9.10. The minimum absolute atomic E-state index is 0.000715. The summed E-state index contributed by atoms with van der Waals surface area (Å²) in [6, 6.07) is 2.23. The maximum Gasteiger partial charge on any atom is 0.416 e. The van der Waals surface area contributed by atoms with Crippen molar-refractivity contribution in [3.05, 3.63) is 80.6 Å². The minimum Gasteiger partial charge on any atom is -0.465 e. The lowest BCUT2D eigenvalue weighted by molar-refractivity contribution is -0.143. The van der Waals surface area contributed by atoms with Crippen LogP contribution in [-0.4, -0.2) is 27.2 Å². The summed E-state index contributed by atoms with van der Waals surface area (Å²) in [4.78, 5) is 21.2. The third-order valence-electron chi connectivity index (χ3n) is 6.68. The molecular formula is C26H20BrF9N4O2. The Kier molecular flexibility index (Phi) is 8.41. The molecule has 2 unspecified atom stereocenters. The first-order chi connectivity index (χ1) is 19.4. The van der Waals surface area contributed by atoms with Crippen molar-refractivity contribution in [1.29, 1.82) is 0 Å². The van der Waals surface area contributed by atoms with Gasteiger partial charge in [-0.3, -0.25) is 4.90 Å². The lowest BCUT2D eigenvalue weighted by Crippen LogP contribution is -2.45. The Bertz CT molecular complexity index is 1460. The number of alkyl halides is 9. The fourth-order valence-electron chi connectivity index (χ4n) is 4.74. The van der Waals surface area contributed by atoms with E-state index in [4.69, 9.17) is 0 Å². The molecule has 1 amide bonds. The normalized spacial score (nSPS) is 17.6. The molecule has 0 saturated heterocycles. The lowest BCUT2D eigenvalue weighted by atomic mass is 9.89. The lowest BCUT2D eigenvalue weighted by Gasteiger charge is -2.39. The number of hydrogen-bond donors (Lipinski definition) is 2. The third-order valence-corrected chi connectivity index (χ3v) is 7.34. The summed E-state index contributed by atoms with van der Waals surface area (Å²) in [6.45, 7) is 1.70. The van der Waals surface area contributed by atoms with Crippen LogP contribution in [0.4, 0.5) is 55.9 Å². The number of anilines is 2. The molecule has 0 fully saturated rings. The van der Waals surface area contributed by atoms with Gasteiger partial charge in [0.15, 0.2) is 0 Å². The van der Waals surface area contributed by atoms with Crippen LogP contribution in [0.25, 0.3) is 0 Å². The van der Waals surface area contributed by atoms with Gasteiger partial charge in [0.2, 0.25) is 5.95 Å². The van der Waals surface area contributed by atoms with E-state index in [1.54, 1.807) is 6.92 Å². The molecule has 6 nitrogen and oxygen atoms in total. The van der Waals surface area contributed by atoms with Gasteiger partial charge in [-0.05, 0) is 76.3 Å². The number of aromatic nitrogens is 2. The standard InChI is InChI=1S/C26H20BrF9N4O2/c1-2-16-10-19(17-9-13(24(28,29)30)3-4-21(17)40(16)23(41)42)38-22-37-11-18(27)20(39-22)7-12-5-14(25(31,32)33)8-15(6-12)26(34,35)36/h3-6,8-9,11,16,19H,2,7,10H2,1H3,(H,41,42)(H,37,38,39). The van der Waals surface area contributed by atoms with Gasteiger partial charge in [-0.15, -0.1) is 0 Å². The molecule has 4 rings (SSSR count). The van der Waals surface area contributed by atoms with Gasteiger partial charge in [-0.25, -0.2) is 14.8 Å². The van der Waals surface area contributed by atoms with Crippen molar-refractivity contribution in [1.82, 2.24) is 9.97 Å². The zero-order valence-electron chi connectivity index (χ0n) is 21.3. The Balaban J connectivity index is 1.72. The molecule has 2 N–H and O–H groups in total. The Labute approximate surface area is 240 Å². The average molecular weight is 671 g/mol. The number of benzene rings is 2. The van der Waals surface area contributed by atoms with E-state index in [0.717, 1.165) is 23.1 Å². The van der Waals surface area contributed by atoms with Crippen molar-refractivity contribution in [3.8, 4) is 0 Å². The molecule has 0 aliphatic carbocycles. The van der Waals surface area contributed by atoms with Gasteiger partial charge < -0.3 is 10.4 Å². The molecule has 2 atom stereocenters. The van der Waals surface area contributed by atoms with Crippen LogP contribution < -0.4 is 10.2 Å². The molecule has 226 valence electrons. The topological polar surface area (TPSA) is 78.4 Å². The van der Waals surface area contributed by atoms with Crippen molar-refractivity contribution >= 4 is 33.7 Å². The van der Waals surface area contributed by atoms with Crippen molar-refractivity contribution in [3.63, 3.8) is 0 Å². The maximum atomic E-state index is 13.5. The second-order valence-electron chi connectivity index (χ2n) is 9.50. The number of nitrogens with zero attached hydrogens (tertiary/aromatic N) is 3. The summed E-state index contributed by atoms with van der Waals surface area (Å²) < 4.78 is 121. The average Bonchev–Trinajstić information content (AvgIpc) is 2.88. The molecular weight excluding hydrogens is 651 g/mol. The van der Waals surface area contributed by atoms with Crippen LogP contribution in [0.15, 0.2) is 47.1 Å².